The predicted octanol–water partition coefficient (Wildman–Crippen LogP) is 6.46. The molecule has 37 heavy (non-hydrogen) atoms. The molecule has 5 rings (SSSR count). The van der Waals surface area contributed by atoms with E-state index in [4.69, 9.17) is 9.47 Å². The minimum atomic E-state index is 0.0611. The number of carbonyl (C=O) groups excluding carboxylic acids is 1. The van der Waals surface area contributed by atoms with Crippen molar-refractivity contribution in [2.45, 2.75) is 45.6 Å². The molecule has 0 radical (unpaired) electrons. The number of carbonyl (C=O) groups is 1. The molecule has 0 fully saturated rings. The van der Waals surface area contributed by atoms with E-state index in [0.717, 1.165) is 46.1 Å². The summed E-state index contributed by atoms with van der Waals surface area (Å²) in [5.74, 6) is 2.27. The van der Waals surface area contributed by atoms with Gasteiger partial charge in [0.1, 0.15) is 18.1 Å². The molecule has 190 valence electrons. The van der Waals surface area contributed by atoms with Crippen LogP contribution in [0.4, 0.5) is 0 Å². The summed E-state index contributed by atoms with van der Waals surface area (Å²) in [5.41, 5.74) is 8.12. The smallest absolute Gasteiger partial charge is 0.220 e. The first-order valence-electron chi connectivity index (χ1n) is 13.0. The van der Waals surface area contributed by atoms with E-state index in [1.165, 1.54) is 11.1 Å². The van der Waals surface area contributed by atoms with E-state index < -0.39 is 0 Å². The third-order valence-corrected chi connectivity index (χ3v) is 7.00. The molecule has 0 spiro atoms. The minimum absolute atomic E-state index is 0.0611. The minimum Gasteiger partial charge on any atom is -0.497 e. The Morgan fingerprint density at radius 3 is 2.49 bits per heavy atom. The SMILES string of the molecule is COc1ccc(CCNC(=O)CCc2cc3c(n2-c2ccc(C(C)C)cc2)-c2ccccc2OC3)cc1. The molecule has 2 heterocycles. The number of ether oxygens (including phenoxy) is 2. The number of nitrogens with zero attached hydrogens (tertiary/aromatic N) is 1. The van der Waals surface area contributed by atoms with Gasteiger partial charge in [0.05, 0.1) is 12.8 Å². The molecule has 0 atom stereocenters. The largest absolute Gasteiger partial charge is 0.497 e. The van der Waals surface area contributed by atoms with Crippen molar-refractivity contribution in [3.8, 4) is 28.4 Å². The first kappa shape index (κ1) is 24.7. The normalized spacial score (nSPS) is 12.0. The van der Waals surface area contributed by atoms with Crippen LogP contribution in [0.25, 0.3) is 16.9 Å². The Hall–Kier alpha value is -3.99. The third kappa shape index (κ3) is 5.41. The fourth-order valence-electron chi connectivity index (χ4n) is 4.92. The summed E-state index contributed by atoms with van der Waals surface area (Å²) >= 11 is 0. The molecule has 1 aliphatic rings. The number of amides is 1. The Morgan fingerprint density at radius 1 is 1.00 bits per heavy atom. The van der Waals surface area contributed by atoms with Crippen LogP contribution >= 0.6 is 0 Å². The van der Waals surface area contributed by atoms with Gasteiger partial charge < -0.3 is 19.4 Å². The molecule has 1 amide bonds. The lowest BCUT2D eigenvalue weighted by Crippen LogP contribution is -2.26. The highest BCUT2D eigenvalue weighted by molar-refractivity contribution is 5.77. The van der Waals surface area contributed by atoms with Gasteiger partial charge in [-0.2, -0.15) is 0 Å². The number of para-hydroxylation sites is 1. The molecule has 1 N–H and O–H groups in total. The molecule has 0 saturated carbocycles. The van der Waals surface area contributed by atoms with Gasteiger partial charge in [0.2, 0.25) is 5.91 Å². The Bertz CT molecular complexity index is 1370. The molecule has 1 aromatic heterocycles. The fraction of sp³-hybridized carbons (Fsp3) is 0.281. The Balaban J connectivity index is 1.34. The first-order chi connectivity index (χ1) is 18.0. The Labute approximate surface area is 219 Å². The van der Waals surface area contributed by atoms with Gasteiger partial charge in [-0.1, -0.05) is 50.2 Å². The van der Waals surface area contributed by atoms with E-state index in [9.17, 15) is 4.79 Å². The van der Waals surface area contributed by atoms with E-state index in [1.54, 1.807) is 7.11 Å². The van der Waals surface area contributed by atoms with Crippen molar-refractivity contribution >= 4 is 5.91 Å². The van der Waals surface area contributed by atoms with E-state index in [0.29, 0.717) is 31.9 Å². The number of hydrogen-bond acceptors (Lipinski definition) is 3. The predicted molar refractivity (Wildman–Crippen MR) is 148 cm³/mol. The van der Waals surface area contributed by atoms with Crippen LogP contribution in [0.15, 0.2) is 78.9 Å². The van der Waals surface area contributed by atoms with Crippen molar-refractivity contribution in [2.24, 2.45) is 0 Å². The van der Waals surface area contributed by atoms with Crippen molar-refractivity contribution in [3.63, 3.8) is 0 Å². The number of fused-ring (bicyclic) bond motifs is 3. The average Bonchev–Trinajstić information content (AvgIpc) is 3.31. The second kappa shape index (κ2) is 11.0. The van der Waals surface area contributed by atoms with Crippen LogP contribution in [0.1, 0.15) is 48.6 Å². The van der Waals surface area contributed by atoms with Crippen molar-refractivity contribution in [2.75, 3.05) is 13.7 Å². The Morgan fingerprint density at radius 2 is 1.76 bits per heavy atom. The van der Waals surface area contributed by atoms with Crippen molar-refractivity contribution in [1.29, 1.82) is 0 Å². The quantitative estimate of drug-likeness (QED) is 0.291. The third-order valence-electron chi connectivity index (χ3n) is 7.00. The summed E-state index contributed by atoms with van der Waals surface area (Å²) in [6, 6.07) is 27.1. The summed E-state index contributed by atoms with van der Waals surface area (Å²) in [7, 11) is 1.66. The number of methoxy groups -OCH3 is 1. The van der Waals surface area contributed by atoms with Crippen molar-refractivity contribution < 1.29 is 14.3 Å². The van der Waals surface area contributed by atoms with Crippen LogP contribution in [0.2, 0.25) is 0 Å². The standard InChI is InChI=1S/C32H34N2O3/c1-22(2)24-10-12-26(13-11-24)34-27(20-25-21-37-30-7-5-4-6-29(30)32(25)34)14-17-31(35)33-19-18-23-8-15-28(36-3)16-9-23/h4-13,15-16,20,22H,14,17-19,21H2,1-3H3,(H,33,35). The summed E-state index contributed by atoms with van der Waals surface area (Å²) in [6.07, 6.45) is 1.87. The molecule has 0 aliphatic carbocycles. The molecule has 1 aliphatic heterocycles. The molecular weight excluding hydrogens is 460 g/mol. The summed E-state index contributed by atoms with van der Waals surface area (Å²) in [6.45, 7) is 5.56. The number of nitrogens with one attached hydrogen (secondary N) is 1. The van der Waals surface area contributed by atoms with E-state index in [-0.39, 0.29) is 5.91 Å². The fourth-order valence-corrected chi connectivity index (χ4v) is 4.92. The topological polar surface area (TPSA) is 52.5 Å². The van der Waals surface area contributed by atoms with Gasteiger partial charge in [-0.15, -0.1) is 0 Å². The van der Waals surface area contributed by atoms with Gasteiger partial charge >= 0.3 is 0 Å². The molecule has 0 bridgehead atoms. The van der Waals surface area contributed by atoms with Gasteiger partial charge in [-0.25, -0.2) is 0 Å². The van der Waals surface area contributed by atoms with Gasteiger partial charge in [0.25, 0.3) is 0 Å². The van der Waals surface area contributed by atoms with Gasteiger partial charge in [-0.3, -0.25) is 4.79 Å². The second-order valence-corrected chi connectivity index (χ2v) is 9.82. The number of hydrogen-bond donors (Lipinski definition) is 1. The first-order valence-corrected chi connectivity index (χ1v) is 13.0. The van der Waals surface area contributed by atoms with Gasteiger partial charge in [0, 0.05) is 35.5 Å². The van der Waals surface area contributed by atoms with Crippen LogP contribution in [-0.4, -0.2) is 24.1 Å². The Kier molecular flexibility index (Phi) is 7.31. The maximum absolute atomic E-state index is 12.8. The monoisotopic (exact) mass is 494 g/mol. The van der Waals surface area contributed by atoms with Crippen LogP contribution in [0, 0.1) is 0 Å². The summed E-state index contributed by atoms with van der Waals surface area (Å²) in [4.78, 5) is 12.8. The summed E-state index contributed by atoms with van der Waals surface area (Å²) in [5, 5.41) is 3.08. The number of aromatic nitrogens is 1. The van der Waals surface area contributed by atoms with Crippen LogP contribution in [-0.2, 0) is 24.2 Å². The lowest BCUT2D eigenvalue weighted by atomic mass is 10.0. The number of benzene rings is 3. The zero-order valence-corrected chi connectivity index (χ0v) is 21.8. The number of rotatable bonds is 9. The van der Waals surface area contributed by atoms with E-state index in [2.05, 4.69) is 60.1 Å². The maximum Gasteiger partial charge on any atom is 0.220 e. The van der Waals surface area contributed by atoms with Gasteiger partial charge in [0.15, 0.2) is 0 Å². The zero-order chi connectivity index (χ0) is 25.8. The average molecular weight is 495 g/mol. The number of aryl methyl sites for hydroxylation is 1. The van der Waals surface area contributed by atoms with Crippen LogP contribution in [0.3, 0.4) is 0 Å². The molecule has 0 unspecified atom stereocenters. The molecule has 0 saturated heterocycles. The van der Waals surface area contributed by atoms with Crippen molar-refractivity contribution in [1.82, 2.24) is 9.88 Å². The zero-order valence-electron chi connectivity index (χ0n) is 21.8. The summed E-state index contributed by atoms with van der Waals surface area (Å²) < 4.78 is 13.6. The maximum atomic E-state index is 12.8. The lowest BCUT2D eigenvalue weighted by molar-refractivity contribution is -0.121. The van der Waals surface area contributed by atoms with Crippen LogP contribution < -0.4 is 14.8 Å². The van der Waals surface area contributed by atoms with Gasteiger partial charge in [-0.05, 0) is 72.4 Å². The van der Waals surface area contributed by atoms with Crippen LogP contribution in [0.5, 0.6) is 11.5 Å². The van der Waals surface area contributed by atoms with E-state index in [1.807, 2.05) is 42.5 Å². The lowest BCUT2D eigenvalue weighted by Gasteiger charge is -2.21. The molecule has 3 aromatic carbocycles. The highest BCUT2D eigenvalue weighted by atomic mass is 16.5. The van der Waals surface area contributed by atoms with Crippen molar-refractivity contribution in [3.05, 3.63) is 101 Å². The second-order valence-electron chi connectivity index (χ2n) is 9.82. The molecule has 5 nitrogen and oxygen atoms in total. The highest BCUT2D eigenvalue weighted by Gasteiger charge is 2.25. The van der Waals surface area contributed by atoms with E-state index >= 15 is 0 Å². The highest BCUT2D eigenvalue weighted by Crippen LogP contribution is 2.41. The molecular formula is C32H34N2O3. The molecule has 5 heteroatoms. The molecule has 4 aromatic rings.